The highest BCUT2D eigenvalue weighted by Gasteiger charge is 2.03. The molecule has 0 bridgehead atoms. The quantitative estimate of drug-likeness (QED) is 0.735. The second-order valence-electron chi connectivity index (χ2n) is 2.90. The van der Waals surface area contributed by atoms with E-state index in [1.807, 2.05) is 4.68 Å². The predicted octanol–water partition coefficient (Wildman–Crippen LogP) is 1.31. The molecule has 0 amide bonds. The van der Waals surface area contributed by atoms with Crippen LogP contribution in [0.25, 0.3) is 0 Å². The summed E-state index contributed by atoms with van der Waals surface area (Å²) >= 11 is 0. The van der Waals surface area contributed by atoms with Crippen molar-refractivity contribution in [2.45, 2.75) is 39.8 Å². The number of nitrogens with two attached hydrogens (primary N) is 1. The predicted molar refractivity (Wildman–Crippen MR) is 49.8 cm³/mol. The fourth-order valence-corrected chi connectivity index (χ4v) is 1.35. The molecule has 12 heavy (non-hydrogen) atoms. The van der Waals surface area contributed by atoms with E-state index in [1.165, 1.54) is 5.69 Å². The van der Waals surface area contributed by atoms with Gasteiger partial charge in [0.25, 0.3) is 0 Å². The van der Waals surface area contributed by atoms with Crippen molar-refractivity contribution in [1.82, 2.24) is 9.78 Å². The summed E-state index contributed by atoms with van der Waals surface area (Å²) in [6.45, 7) is 5.76. The van der Waals surface area contributed by atoms with E-state index in [1.54, 1.807) is 0 Å². The van der Waals surface area contributed by atoms with Crippen molar-refractivity contribution in [3.05, 3.63) is 17.5 Å². The average molecular weight is 167 g/mol. The third kappa shape index (κ3) is 1.85. The molecular formula is C9H17N3. The van der Waals surface area contributed by atoms with E-state index in [0.29, 0.717) is 6.54 Å². The van der Waals surface area contributed by atoms with Crippen molar-refractivity contribution >= 4 is 0 Å². The summed E-state index contributed by atoms with van der Waals surface area (Å²) < 4.78 is 2.03. The standard InChI is InChI=1S/C9H17N3/c1-3-5-9-6-8(7-10)11-12(9)4-2/h6H,3-5,7,10H2,1-2H3. The van der Waals surface area contributed by atoms with E-state index in [-0.39, 0.29) is 0 Å². The summed E-state index contributed by atoms with van der Waals surface area (Å²) in [4.78, 5) is 0. The highest BCUT2D eigenvalue weighted by Crippen LogP contribution is 2.06. The average Bonchev–Trinajstić information content (AvgIpc) is 2.48. The molecule has 1 aromatic rings. The highest BCUT2D eigenvalue weighted by atomic mass is 15.3. The summed E-state index contributed by atoms with van der Waals surface area (Å²) in [5.74, 6) is 0. The maximum absolute atomic E-state index is 5.51. The van der Waals surface area contributed by atoms with Crippen LogP contribution in [-0.4, -0.2) is 9.78 Å². The van der Waals surface area contributed by atoms with Gasteiger partial charge in [0.2, 0.25) is 0 Å². The summed E-state index contributed by atoms with van der Waals surface area (Å²) in [5, 5.41) is 4.36. The first-order valence-electron chi connectivity index (χ1n) is 4.57. The van der Waals surface area contributed by atoms with Crippen LogP contribution in [0.4, 0.5) is 0 Å². The second kappa shape index (κ2) is 4.26. The Bertz CT molecular complexity index is 240. The molecule has 1 rings (SSSR count). The smallest absolute Gasteiger partial charge is 0.0763 e. The molecule has 0 unspecified atom stereocenters. The van der Waals surface area contributed by atoms with Gasteiger partial charge >= 0.3 is 0 Å². The zero-order valence-electron chi connectivity index (χ0n) is 7.88. The van der Waals surface area contributed by atoms with Crippen LogP contribution in [0.15, 0.2) is 6.07 Å². The number of aromatic nitrogens is 2. The third-order valence-electron chi connectivity index (χ3n) is 1.93. The van der Waals surface area contributed by atoms with Gasteiger partial charge < -0.3 is 5.73 Å². The Hall–Kier alpha value is -0.830. The summed E-state index contributed by atoms with van der Waals surface area (Å²) in [6, 6.07) is 2.10. The molecule has 0 radical (unpaired) electrons. The van der Waals surface area contributed by atoms with Gasteiger partial charge in [0.05, 0.1) is 5.69 Å². The topological polar surface area (TPSA) is 43.8 Å². The van der Waals surface area contributed by atoms with E-state index >= 15 is 0 Å². The van der Waals surface area contributed by atoms with Gasteiger partial charge in [-0.25, -0.2) is 0 Å². The van der Waals surface area contributed by atoms with Gasteiger partial charge in [-0.2, -0.15) is 5.10 Å². The van der Waals surface area contributed by atoms with E-state index in [9.17, 15) is 0 Å². The van der Waals surface area contributed by atoms with Gasteiger partial charge in [-0.05, 0) is 19.4 Å². The number of hydrogen-bond donors (Lipinski definition) is 1. The normalized spacial score (nSPS) is 10.6. The molecule has 1 aromatic heterocycles. The van der Waals surface area contributed by atoms with Gasteiger partial charge in [0, 0.05) is 18.8 Å². The van der Waals surface area contributed by atoms with Crippen LogP contribution in [0, 0.1) is 0 Å². The lowest BCUT2D eigenvalue weighted by molar-refractivity contribution is 0.608. The van der Waals surface area contributed by atoms with Crippen molar-refractivity contribution in [3.63, 3.8) is 0 Å². The van der Waals surface area contributed by atoms with Crippen LogP contribution in [0.1, 0.15) is 31.7 Å². The first kappa shape index (κ1) is 9.26. The maximum atomic E-state index is 5.51. The molecule has 0 aliphatic rings. The first-order valence-corrected chi connectivity index (χ1v) is 4.57. The third-order valence-corrected chi connectivity index (χ3v) is 1.93. The molecule has 0 saturated carbocycles. The lowest BCUT2D eigenvalue weighted by Crippen LogP contribution is -2.03. The van der Waals surface area contributed by atoms with Crippen molar-refractivity contribution < 1.29 is 0 Å². The van der Waals surface area contributed by atoms with Gasteiger partial charge in [-0.15, -0.1) is 0 Å². The van der Waals surface area contributed by atoms with E-state index in [0.717, 1.165) is 25.1 Å². The van der Waals surface area contributed by atoms with Crippen LogP contribution in [0.2, 0.25) is 0 Å². The van der Waals surface area contributed by atoms with Crippen molar-refractivity contribution in [2.75, 3.05) is 0 Å². The number of aryl methyl sites for hydroxylation is 2. The Kier molecular flexibility index (Phi) is 3.29. The minimum atomic E-state index is 0.545. The molecule has 1 heterocycles. The maximum Gasteiger partial charge on any atom is 0.0763 e. The molecule has 0 aliphatic heterocycles. The van der Waals surface area contributed by atoms with E-state index < -0.39 is 0 Å². The molecule has 0 fully saturated rings. The highest BCUT2D eigenvalue weighted by molar-refractivity contribution is 5.10. The molecule has 3 heteroatoms. The van der Waals surface area contributed by atoms with Crippen molar-refractivity contribution in [1.29, 1.82) is 0 Å². The van der Waals surface area contributed by atoms with Crippen LogP contribution in [-0.2, 0) is 19.5 Å². The monoisotopic (exact) mass is 167 g/mol. The molecule has 0 spiro atoms. The Morgan fingerprint density at radius 1 is 1.50 bits per heavy atom. The molecule has 0 aromatic carbocycles. The molecule has 0 atom stereocenters. The summed E-state index contributed by atoms with van der Waals surface area (Å²) in [6.07, 6.45) is 2.26. The molecule has 0 aliphatic carbocycles. The van der Waals surface area contributed by atoms with E-state index in [2.05, 4.69) is 25.0 Å². The number of nitrogens with zero attached hydrogens (tertiary/aromatic N) is 2. The minimum absolute atomic E-state index is 0.545. The van der Waals surface area contributed by atoms with Gasteiger partial charge in [-0.3, -0.25) is 4.68 Å². The Morgan fingerprint density at radius 3 is 2.75 bits per heavy atom. The molecular weight excluding hydrogens is 150 g/mol. The number of hydrogen-bond acceptors (Lipinski definition) is 2. The first-order chi connectivity index (χ1) is 5.81. The van der Waals surface area contributed by atoms with E-state index in [4.69, 9.17) is 5.73 Å². The molecule has 68 valence electrons. The van der Waals surface area contributed by atoms with Crippen LogP contribution in [0.3, 0.4) is 0 Å². The van der Waals surface area contributed by atoms with Crippen LogP contribution >= 0.6 is 0 Å². The lowest BCUT2D eigenvalue weighted by atomic mass is 10.2. The Labute approximate surface area is 73.6 Å². The van der Waals surface area contributed by atoms with Crippen molar-refractivity contribution in [3.8, 4) is 0 Å². The molecule has 2 N–H and O–H groups in total. The zero-order chi connectivity index (χ0) is 8.97. The molecule has 0 saturated heterocycles. The van der Waals surface area contributed by atoms with Gasteiger partial charge in [0.15, 0.2) is 0 Å². The SMILES string of the molecule is CCCc1cc(CN)nn1CC. The van der Waals surface area contributed by atoms with Crippen LogP contribution < -0.4 is 5.73 Å². The fraction of sp³-hybridized carbons (Fsp3) is 0.667. The summed E-state index contributed by atoms with van der Waals surface area (Å²) in [7, 11) is 0. The molecule has 3 nitrogen and oxygen atoms in total. The number of rotatable bonds is 4. The second-order valence-corrected chi connectivity index (χ2v) is 2.90. The minimum Gasteiger partial charge on any atom is -0.325 e. The zero-order valence-corrected chi connectivity index (χ0v) is 7.88. The summed E-state index contributed by atoms with van der Waals surface area (Å²) in [5.41, 5.74) is 7.81. The van der Waals surface area contributed by atoms with Gasteiger partial charge in [0.1, 0.15) is 0 Å². The van der Waals surface area contributed by atoms with Crippen LogP contribution in [0.5, 0.6) is 0 Å². The Morgan fingerprint density at radius 2 is 2.25 bits per heavy atom. The largest absolute Gasteiger partial charge is 0.325 e. The lowest BCUT2D eigenvalue weighted by Gasteiger charge is -2.00. The van der Waals surface area contributed by atoms with Gasteiger partial charge in [-0.1, -0.05) is 13.3 Å². The fourth-order valence-electron chi connectivity index (χ4n) is 1.35. The van der Waals surface area contributed by atoms with Crippen molar-refractivity contribution in [2.24, 2.45) is 5.73 Å². The Balaban J connectivity index is 2.84.